The van der Waals surface area contributed by atoms with Crippen molar-refractivity contribution in [2.75, 3.05) is 5.32 Å². The van der Waals surface area contributed by atoms with Crippen molar-refractivity contribution < 1.29 is 37.8 Å². The fourth-order valence-electron chi connectivity index (χ4n) is 3.52. The number of hydrogen-bond donors (Lipinski definition) is 4. The van der Waals surface area contributed by atoms with Crippen LogP contribution in [0.25, 0.3) is 10.8 Å². The lowest BCUT2D eigenvalue weighted by Crippen LogP contribution is -2.11. The van der Waals surface area contributed by atoms with Crippen LogP contribution in [-0.4, -0.2) is 38.9 Å². The predicted molar refractivity (Wildman–Crippen MR) is 135 cm³/mol. The zero-order valence-electron chi connectivity index (χ0n) is 19.2. The van der Waals surface area contributed by atoms with Gasteiger partial charge in [-0.1, -0.05) is 24.3 Å². The smallest absolute Gasteiger partial charge is 0.319 e. The lowest BCUT2D eigenvalue weighted by Gasteiger charge is -2.11. The second-order valence-electron chi connectivity index (χ2n) is 7.85. The molecule has 0 atom stereocenters. The first kappa shape index (κ1) is 26.6. The number of carbonyl (C=O) groups is 1. The molecule has 4 rings (SSSR count). The van der Waals surface area contributed by atoms with Crippen molar-refractivity contribution in [2.24, 2.45) is 10.2 Å². The molecule has 0 saturated heterocycles. The van der Waals surface area contributed by atoms with Crippen molar-refractivity contribution in [1.29, 1.82) is 0 Å². The SMILES string of the molecule is O=C(Nc1ccc2cc(S(=O)(=O)O)c(N=Nc3cc([N+](=O)[O-])cc([N+](=O)[O-])c3O)c(O)c2c1)c1ccccc1. The van der Waals surface area contributed by atoms with Gasteiger partial charge in [-0.2, -0.15) is 8.42 Å². The largest absolute Gasteiger partial charge is 0.505 e. The zero-order valence-corrected chi connectivity index (χ0v) is 20.1. The van der Waals surface area contributed by atoms with Gasteiger partial charge in [0.2, 0.25) is 5.75 Å². The Labute approximate surface area is 217 Å². The van der Waals surface area contributed by atoms with E-state index in [0.29, 0.717) is 17.7 Å². The third-order valence-electron chi connectivity index (χ3n) is 5.34. The van der Waals surface area contributed by atoms with Gasteiger partial charge in [-0.15, -0.1) is 10.2 Å². The number of anilines is 1. The number of rotatable bonds is 7. The zero-order chi connectivity index (χ0) is 28.5. The summed E-state index contributed by atoms with van der Waals surface area (Å²) in [6, 6.07) is 14.3. The van der Waals surface area contributed by atoms with E-state index in [1.165, 1.54) is 18.2 Å². The fourth-order valence-corrected chi connectivity index (χ4v) is 4.18. The summed E-state index contributed by atoms with van der Waals surface area (Å²) in [6.45, 7) is 0. The van der Waals surface area contributed by atoms with E-state index in [1.54, 1.807) is 30.3 Å². The third-order valence-corrected chi connectivity index (χ3v) is 6.21. The third kappa shape index (κ3) is 5.45. The van der Waals surface area contributed by atoms with E-state index in [9.17, 15) is 48.2 Å². The molecule has 0 aromatic heterocycles. The van der Waals surface area contributed by atoms with Crippen molar-refractivity contribution in [2.45, 2.75) is 4.90 Å². The molecule has 4 aromatic carbocycles. The van der Waals surface area contributed by atoms with E-state index in [2.05, 4.69) is 15.5 Å². The van der Waals surface area contributed by atoms with Crippen LogP contribution in [0.5, 0.6) is 11.5 Å². The van der Waals surface area contributed by atoms with Gasteiger partial charge < -0.3 is 15.5 Å². The number of fused-ring (bicyclic) bond motifs is 1. The average molecular weight is 553 g/mol. The number of phenols is 2. The number of aromatic hydroxyl groups is 2. The molecule has 16 heteroatoms. The summed E-state index contributed by atoms with van der Waals surface area (Å²) in [4.78, 5) is 31.8. The minimum Gasteiger partial charge on any atom is -0.505 e. The summed E-state index contributed by atoms with van der Waals surface area (Å²) in [7, 11) is -5.03. The molecule has 0 spiro atoms. The molecule has 0 aliphatic heterocycles. The molecule has 0 unspecified atom stereocenters. The molecule has 198 valence electrons. The molecule has 4 N–H and O–H groups in total. The van der Waals surface area contributed by atoms with Crippen LogP contribution < -0.4 is 5.32 Å². The minimum absolute atomic E-state index is 0.0449. The number of azo groups is 1. The normalized spacial score (nSPS) is 11.5. The summed E-state index contributed by atoms with van der Waals surface area (Å²) >= 11 is 0. The molecule has 39 heavy (non-hydrogen) atoms. The van der Waals surface area contributed by atoms with E-state index in [4.69, 9.17) is 0 Å². The average Bonchev–Trinajstić information content (AvgIpc) is 2.88. The Balaban J connectivity index is 1.85. The van der Waals surface area contributed by atoms with Crippen LogP contribution in [0.2, 0.25) is 0 Å². The first-order valence-corrected chi connectivity index (χ1v) is 12.0. The number of non-ortho nitro benzene ring substituents is 1. The van der Waals surface area contributed by atoms with Crippen molar-refractivity contribution in [3.05, 3.63) is 92.5 Å². The van der Waals surface area contributed by atoms with Crippen LogP contribution in [0.4, 0.5) is 28.4 Å². The van der Waals surface area contributed by atoms with E-state index >= 15 is 0 Å². The molecule has 4 aromatic rings. The molecule has 0 radical (unpaired) electrons. The van der Waals surface area contributed by atoms with Crippen molar-refractivity contribution in [3.8, 4) is 11.5 Å². The first-order chi connectivity index (χ1) is 18.4. The Morgan fingerprint density at radius 1 is 0.872 bits per heavy atom. The maximum absolute atomic E-state index is 12.5. The number of phenolic OH excluding ortho intramolecular Hbond substituents is 2. The van der Waals surface area contributed by atoms with Crippen LogP contribution in [0.3, 0.4) is 0 Å². The number of nitro groups is 2. The van der Waals surface area contributed by atoms with E-state index in [1.807, 2.05) is 0 Å². The highest BCUT2D eigenvalue weighted by Gasteiger charge is 2.26. The molecule has 0 heterocycles. The topological polar surface area (TPSA) is 235 Å². The van der Waals surface area contributed by atoms with Crippen molar-refractivity contribution in [3.63, 3.8) is 0 Å². The van der Waals surface area contributed by atoms with E-state index in [0.717, 1.165) is 6.07 Å². The number of carbonyl (C=O) groups excluding carboxylic acids is 1. The molecule has 1 amide bonds. The highest BCUT2D eigenvalue weighted by atomic mass is 32.2. The van der Waals surface area contributed by atoms with Gasteiger partial charge in [-0.25, -0.2) is 0 Å². The molecule has 0 fully saturated rings. The fraction of sp³-hybridized carbons (Fsp3) is 0. The van der Waals surface area contributed by atoms with Crippen LogP contribution in [0, 0.1) is 20.2 Å². The van der Waals surface area contributed by atoms with Crippen LogP contribution >= 0.6 is 0 Å². The number of benzene rings is 4. The van der Waals surface area contributed by atoms with Gasteiger partial charge in [-0.05, 0) is 35.7 Å². The predicted octanol–water partition coefficient (Wildman–Crippen LogP) is 4.98. The Morgan fingerprint density at radius 2 is 1.56 bits per heavy atom. The molecule has 0 aliphatic rings. The lowest BCUT2D eigenvalue weighted by molar-refractivity contribution is -0.394. The van der Waals surface area contributed by atoms with Crippen LogP contribution in [0.1, 0.15) is 10.4 Å². The Kier molecular flexibility index (Phi) is 6.89. The lowest BCUT2D eigenvalue weighted by atomic mass is 10.1. The Morgan fingerprint density at radius 3 is 2.18 bits per heavy atom. The van der Waals surface area contributed by atoms with Crippen molar-refractivity contribution >= 4 is 55.2 Å². The van der Waals surface area contributed by atoms with Crippen molar-refractivity contribution in [1.82, 2.24) is 0 Å². The summed E-state index contributed by atoms with van der Waals surface area (Å²) in [5.41, 5.74) is -3.00. The second kappa shape index (κ2) is 10.1. The maximum Gasteiger partial charge on any atom is 0.319 e. The molecular weight excluding hydrogens is 538 g/mol. The van der Waals surface area contributed by atoms with Gasteiger partial charge in [0.25, 0.3) is 21.7 Å². The van der Waals surface area contributed by atoms with Gasteiger partial charge in [0.15, 0.2) is 5.75 Å². The second-order valence-corrected chi connectivity index (χ2v) is 9.24. The van der Waals surface area contributed by atoms with E-state index in [-0.39, 0.29) is 16.5 Å². The van der Waals surface area contributed by atoms with Gasteiger partial charge in [0.1, 0.15) is 16.3 Å². The number of nitrogens with zero attached hydrogens (tertiary/aromatic N) is 4. The first-order valence-electron chi connectivity index (χ1n) is 10.6. The maximum atomic E-state index is 12.5. The highest BCUT2D eigenvalue weighted by molar-refractivity contribution is 7.86. The van der Waals surface area contributed by atoms with Crippen LogP contribution in [0.15, 0.2) is 81.9 Å². The molecular formula is C23H15N5O10S. The minimum atomic E-state index is -5.03. The standard InChI is InChI=1S/C23H15N5O10S/c29-21-16-9-14(24-23(31)12-4-2-1-3-5-12)7-6-13(16)8-19(39(36,37)38)20(21)26-25-17-10-15(27(32)33)11-18(22(17)30)28(34)35/h1-11,29-30H,(H,24,31)(H,36,37,38). The monoisotopic (exact) mass is 553 g/mol. The Hall–Kier alpha value is -5.48. The summed E-state index contributed by atoms with van der Waals surface area (Å²) in [5, 5.41) is 53.0. The number of hydrogen-bond acceptors (Lipinski definition) is 11. The van der Waals surface area contributed by atoms with E-state index < -0.39 is 65.0 Å². The summed E-state index contributed by atoms with van der Waals surface area (Å²) in [6.07, 6.45) is 0. The quantitative estimate of drug-likeness (QED) is 0.104. The summed E-state index contributed by atoms with van der Waals surface area (Å²) in [5.74, 6) is -2.43. The molecule has 15 nitrogen and oxygen atoms in total. The van der Waals surface area contributed by atoms with Gasteiger partial charge in [0, 0.05) is 22.7 Å². The van der Waals surface area contributed by atoms with Crippen LogP contribution in [-0.2, 0) is 10.1 Å². The number of amides is 1. The van der Waals surface area contributed by atoms with Gasteiger partial charge in [-0.3, -0.25) is 29.6 Å². The Bertz CT molecular complexity index is 1810. The number of nitrogens with one attached hydrogen (secondary N) is 1. The highest BCUT2D eigenvalue weighted by Crippen LogP contribution is 2.44. The van der Waals surface area contributed by atoms with Gasteiger partial charge >= 0.3 is 5.69 Å². The van der Waals surface area contributed by atoms with Gasteiger partial charge in [0.05, 0.1) is 15.9 Å². The molecule has 0 saturated carbocycles. The molecule has 0 aliphatic carbocycles. The number of nitro benzene ring substituents is 2. The molecule has 0 bridgehead atoms. The summed E-state index contributed by atoms with van der Waals surface area (Å²) < 4.78 is 33.8.